The van der Waals surface area contributed by atoms with Gasteiger partial charge in [-0.15, -0.1) is 0 Å². The van der Waals surface area contributed by atoms with Gasteiger partial charge in [0.15, 0.2) is 12.4 Å². The van der Waals surface area contributed by atoms with Gasteiger partial charge in [-0.05, 0) is 31.9 Å². The fourth-order valence-corrected chi connectivity index (χ4v) is 2.65. The molecule has 6 nitrogen and oxygen atoms in total. The molecule has 0 spiro atoms. The molecule has 7 heteroatoms. The number of piperidine rings is 1. The summed E-state index contributed by atoms with van der Waals surface area (Å²) in [5.74, 6) is 1.34. The Labute approximate surface area is 133 Å². The highest BCUT2D eigenvalue weighted by molar-refractivity contribution is 5.77. The summed E-state index contributed by atoms with van der Waals surface area (Å²) in [7, 11) is 0. The second kappa shape index (κ2) is 6.76. The van der Waals surface area contributed by atoms with Crippen LogP contribution in [0.15, 0.2) is 28.8 Å². The van der Waals surface area contributed by atoms with E-state index in [2.05, 4.69) is 10.1 Å². The van der Waals surface area contributed by atoms with Crippen LogP contribution in [0.1, 0.15) is 30.5 Å². The van der Waals surface area contributed by atoms with Crippen LogP contribution >= 0.6 is 0 Å². The number of aromatic nitrogens is 2. The Morgan fingerprint density at radius 1 is 1.43 bits per heavy atom. The number of carbonyl (C=O) groups is 1. The SMILES string of the molecule is Cc1noc(C2CCN(C(=O)COc3cccc(F)c3)CC2)n1. The van der Waals surface area contributed by atoms with Crippen LogP contribution in [0.25, 0.3) is 0 Å². The molecule has 0 unspecified atom stereocenters. The van der Waals surface area contributed by atoms with E-state index in [0.29, 0.717) is 30.6 Å². The number of benzene rings is 1. The summed E-state index contributed by atoms with van der Waals surface area (Å²) in [6, 6.07) is 5.77. The predicted octanol–water partition coefficient (Wildman–Crippen LogP) is 2.30. The van der Waals surface area contributed by atoms with Crippen molar-refractivity contribution in [2.75, 3.05) is 19.7 Å². The summed E-state index contributed by atoms with van der Waals surface area (Å²) in [6.45, 7) is 2.94. The first-order valence-corrected chi connectivity index (χ1v) is 7.58. The molecule has 0 saturated carbocycles. The van der Waals surface area contributed by atoms with Gasteiger partial charge in [0.2, 0.25) is 5.89 Å². The quantitative estimate of drug-likeness (QED) is 0.865. The molecule has 1 aliphatic heterocycles. The molecular formula is C16H18FN3O3. The number of hydrogen-bond acceptors (Lipinski definition) is 5. The van der Waals surface area contributed by atoms with Crippen molar-refractivity contribution in [3.05, 3.63) is 41.8 Å². The summed E-state index contributed by atoms with van der Waals surface area (Å²) >= 11 is 0. The van der Waals surface area contributed by atoms with Crippen molar-refractivity contribution in [2.24, 2.45) is 0 Å². The fourth-order valence-electron chi connectivity index (χ4n) is 2.65. The average Bonchev–Trinajstić information content (AvgIpc) is 2.99. The normalized spacial score (nSPS) is 15.7. The van der Waals surface area contributed by atoms with E-state index in [9.17, 15) is 9.18 Å². The van der Waals surface area contributed by atoms with E-state index in [-0.39, 0.29) is 24.2 Å². The van der Waals surface area contributed by atoms with E-state index in [1.807, 2.05) is 0 Å². The Hall–Kier alpha value is -2.44. The molecule has 0 radical (unpaired) electrons. The molecule has 1 saturated heterocycles. The Bertz CT molecular complexity index is 681. The van der Waals surface area contributed by atoms with Crippen molar-refractivity contribution in [1.82, 2.24) is 15.0 Å². The minimum atomic E-state index is -0.384. The zero-order valence-electron chi connectivity index (χ0n) is 12.9. The number of nitrogens with zero attached hydrogens (tertiary/aromatic N) is 3. The minimum absolute atomic E-state index is 0.0895. The van der Waals surface area contributed by atoms with Crippen LogP contribution in [0.3, 0.4) is 0 Å². The molecule has 1 aromatic heterocycles. The fraction of sp³-hybridized carbons (Fsp3) is 0.438. The number of rotatable bonds is 4. The Morgan fingerprint density at radius 3 is 2.87 bits per heavy atom. The second-order valence-electron chi connectivity index (χ2n) is 5.58. The maximum absolute atomic E-state index is 13.1. The van der Waals surface area contributed by atoms with Crippen LogP contribution < -0.4 is 4.74 Å². The lowest BCUT2D eigenvalue weighted by atomic mass is 9.97. The van der Waals surface area contributed by atoms with Gasteiger partial charge in [-0.3, -0.25) is 4.79 Å². The molecule has 0 N–H and O–H groups in total. The van der Waals surface area contributed by atoms with Crippen molar-refractivity contribution in [1.29, 1.82) is 0 Å². The predicted molar refractivity (Wildman–Crippen MR) is 79.5 cm³/mol. The molecule has 3 rings (SSSR count). The number of ether oxygens (including phenoxy) is 1. The zero-order chi connectivity index (χ0) is 16.2. The molecular weight excluding hydrogens is 301 g/mol. The van der Waals surface area contributed by atoms with Crippen molar-refractivity contribution in [2.45, 2.75) is 25.7 Å². The largest absolute Gasteiger partial charge is 0.484 e. The van der Waals surface area contributed by atoms with E-state index in [4.69, 9.17) is 9.26 Å². The third kappa shape index (κ3) is 3.85. The highest BCUT2D eigenvalue weighted by atomic mass is 19.1. The van der Waals surface area contributed by atoms with E-state index in [0.717, 1.165) is 12.8 Å². The van der Waals surface area contributed by atoms with Gasteiger partial charge < -0.3 is 14.2 Å². The van der Waals surface area contributed by atoms with Gasteiger partial charge in [-0.1, -0.05) is 11.2 Å². The summed E-state index contributed by atoms with van der Waals surface area (Å²) < 4.78 is 23.6. The first kappa shape index (κ1) is 15.5. The Kier molecular flexibility index (Phi) is 4.55. The van der Waals surface area contributed by atoms with Gasteiger partial charge >= 0.3 is 0 Å². The number of hydrogen-bond donors (Lipinski definition) is 0. The van der Waals surface area contributed by atoms with E-state index in [1.165, 1.54) is 12.1 Å². The topological polar surface area (TPSA) is 68.5 Å². The van der Waals surface area contributed by atoms with Gasteiger partial charge in [-0.2, -0.15) is 4.98 Å². The molecule has 23 heavy (non-hydrogen) atoms. The number of amides is 1. The molecule has 2 aromatic rings. The van der Waals surface area contributed by atoms with E-state index < -0.39 is 0 Å². The molecule has 1 aromatic carbocycles. The maximum atomic E-state index is 13.1. The standard InChI is InChI=1S/C16H18FN3O3/c1-11-18-16(23-19-11)12-5-7-20(8-6-12)15(21)10-22-14-4-2-3-13(17)9-14/h2-4,9,12H,5-8,10H2,1H3. The van der Waals surface area contributed by atoms with Crippen LogP contribution in [-0.4, -0.2) is 40.6 Å². The van der Waals surface area contributed by atoms with Gasteiger partial charge in [0.1, 0.15) is 11.6 Å². The molecule has 1 aliphatic rings. The number of aryl methyl sites for hydroxylation is 1. The summed E-state index contributed by atoms with van der Waals surface area (Å²) in [5.41, 5.74) is 0. The smallest absolute Gasteiger partial charge is 0.260 e. The highest BCUT2D eigenvalue weighted by Crippen LogP contribution is 2.26. The molecule has 1 amide bonds. The summed E-state index contributed by atoms with van der Waals surface area (Å²) in [4.78, 5) is 18.2. The van der Waals surface area contributed by atoms with Gasteiger partial charge in [-0.25, -0.2) is 4.39 Å². The minimum Gasteiger partial charge on any atom is -0.484 e. The first-order valence-electron chi connectivity index (χ1n) is 7.58. The van der Waals surface area contributed by atoms with Crippen molar-refractivity contribution in [3.8, 4) is 5.75 Å². The van der Waals surface area contributed by atoms with Crippen LogP contribution in [0.5, 0.6) is 5.75 Å². The lowest BCUT2D eigenvalue weighted by Gasteiger charge is -2.30. The number of halogens is 1. The molecule has 0 aliphatic carbocycles. The third-order valence-electron chi connectivity index (χ3n) is 3.90. The molecule has 0 bridgehead atoms. The van der Waals surface area contributed by atoms with E-state index in [1.54, 1.807) is 24.0 Å². The average molecular weight is 319 g/mol. The zero-order valence-corrected chi connectivity index (χ0v) is 12.9. The molecule has 2 heterocycles. The lowest BCUT2D eigenvalue weighted by molar-refractivity contribution is -0.134. The first-order chi connectivity index (χ1) is 11.1. The van der Waals surface area contributed by atoms with Crippen molar-refractivity contribution in [3.63, 3.8) is 0 Å². The third-order valence-corrected chi connectivity index (χ3v) is 3.90. The van der Waals surface area contributed by atoms with Gasteiger partial charge in [0.25, 0.3) is 5.91 Å². The Balaban J connectivity index is 1.48. The monoisotopic (exact) mass is 319 g/mol. The lowest BCUT2D eigenvalue weighted by Crippen LogP contribution is -2.40. The van der Waals surface area contributed by atoms with Crippen molar-refractivity contribution < 1.29 is 18.4 Å². The number of carbonyl (C=O) groups excluding carboxylic acids is 1. The summed E-state index contributed by atoms with van der Waals surface area (Å²) in [6.07, 6.45) is 1.57. The molecule has 0 atom stereocenters. The van der Waals surface area contributed by atoms with Crippen molar-refractivity contribution >= 4 is 5.91 Å². The number of likely N-dealkylation sites (tertiary alicyclic amines) is 1. The van der Waals surface area contributed by atoms with Crippen LogP contribution in [-0.2, 0) is 4.79 Å². The van der Waals surface area contributed by atoms with Crippen LogP contribution in [0.2, 0.25) is 0 Å². The van der Waals surface area contributed by atoms with Gasteiger partial charge in [0.05, 0.1) is 0 Å². The van der Waals surface area contributed by atoms with Crippen LogP contribution in [0, 0.1) is 12.7 Å². The summed E-state index contributed by atoms with van der Waals surface area (Å²) in [5, 5.41) is 3.80. The highest BCUT2D eigenvalue weighted by Gasteiger charge is 2.27. The molecule has 122 valence electrons. The van der Waals surface area contributed by atoms with E-state index >= 15 is 0 Å². The van der Waals surface area contributed by atoms with Gasteiger partial charge in [0, 0.05) is 25.1 Å². The molecule has 1 fully saturated rings. The maximum Gasteiger partial charge on any atom is 0.260 e. The Morgan fingerprint density at radius 2 is 2.22 bits per heavy atom. The second-order valence-corrected chi connectivity index (χ2v) is 5.58. The van der Waals surface area contributed by atoms with Crippen LogP contribution in [0.4, 0.5) is 4.39 Å².